The van der Waals surface area contributed by atoms with Gasteiger partial charge in [0.05, 0.1) is 6.07 Å². The average molecular weight is 311 g/mol. The normalized spacial score (nSPS) is 13.7. The van der Waals surface area contributed by atoms with E-state index in [2.05, 4.69) is 5.32 Å². The molecule has 1 atom stereocenters. The lowest BCUT2D eigenvalue weighted by molar-refractivity contribution is 0.0463. The number of nitrogens with one attached hydrogen (secondary N) is 1. The Morgan fingerprint density at radius 2 is 1.86 bits per heavy atom. The van der Waals surface area contributed by atoms with Gasteiger partial charge in [-0.05, 0) is 52.0 Å². The predicted octanol–water partition coefficient (Wildman–Crippen LogP) is 3.53. The van der Waals surface area contributed by atoms with Crippen LogP contribution in [-0.2, 0) is 4.74 Å². The van der Waals surface area contributed by atoms with Gasteiger partial charge in [-0.2, -0.15) is 5.26 Å². The average Bonchev–Trinajstić information content (AvgIpc) is 2.36. The lowest BCUT2D eigenvalue weighted by Gasteiger charge is -2.26. The van der Waals surface area contributed by atoms with E-state index in [1.165, 1.54) is 0 Å². The summed E-state index contributed by atoms with van der Waals surface area (Å²) in [6, 6.07) is 8.75. The Kier molecular flexibility index (Phi) is 5.45. The van der Waals surface area contributed by atoms with Gasteiger partial charge in [0.1, 0.15) is 18.0 Å². The number of carbonyl (C=O) groups is 1. The van der Waals surface area contributed by atoms with Gasteiger partial charge in [0.25, 0.3) is 0 Å². The monoisotopic (exact) mass is 310 g/mol. The van der Waals surface area contributed by atoms with Crippen molar-refractivity contribution in [2.45, 2.75) is 38.8 Å². The second-order valence-corrected chi connectivity index (χ2v) is 6.25. The van der Waals surface area contributed by atoms with E-state index in [1.54, 1.807) is 52.0 Å². The van der Waals surface area contributed by atoms with Gasteiger partial charge in [-0.1, -0.05) is 11.6 Å². The lowest BCUT2D eigenvalue weighted by atomic mass is 10.1. The quantitative estimate of drug-likeness (QED) is 0.923. The van der Waals surface area contributed by atoms with Crippen molar-refractivity contribution < 1.29 is 14.3 Å². The van der Waals surface area contributed by atoms with Gasteiger partial charge >= 0.3 is 6.09 Å². The van der Waals surface area contributed by atoms with E-state index in [0.29, 0.717) is 10.8 Å². The van der Waals surface area contributed by atoms with E-state index < -0.39 is 17.2 Å². The van der Waals surface area contributed by atoms with Crippen LogP contribution in [0, 0.1) is 11.3 Å². The van der Waals surface area contributed by atoms with Crippen molar-refractivity contribution in [3.8, 4) is 11.8 Å². The van der Waals surface area contributed by atoms with Crippen LogP contribution in [0.2, 0.25) is 5.02 Å². The molecule has 21 heavy (non-hydrogen) atoms. The second-order valence-electron chi connectivity index (χ2n) is 5.81. The zero-order chi connectivity index (χ0) is 16.1. The summed E-state index contributed by atoms with van der Waals surface area (Å²) >= 11 is 5.78. The molecular formula is C15H19ClN2O3. The smallest absolute Gasteiger partial charge is 0.409 e. The fourth-order valence-corrected chi connectivity index (χ4v) is 1.51. The Balaban J connectivity index is 2.62. The second kappa shape index (κ2) is 6.68. The van der Waals surface area contributed by atoms with Crippen LogP contribution >= 0.6 is 11.6 Å². The summed E-state index contributed by atoms with van der Waals surface area (Å²) in [6.07, 6.45) is -0.661. The summed E-state index contributed by atoms with van der Waals surface area (Å²) in [5.74, 6) is 0.562. The van der Waals surface area contributed by atoms with Crippen molar-refractivity contribution in [3.05, 3.63) is 29.3 Å². The largest absolute Gasteiger partial charge is 0.490 e. The van der Waals surface area contributed by atoms with Gasteiger partial charge in [-0.25, -0.2) is 4.79 Å². The first-order chi connectivity index (χ1) is 9.63. The third kappa shape index (κ3) is 6.37. The van der Waals surface area contributed by atoms with Crippen molar-refractivity contribution in [2.24, 2.45) is 0 Å². The van der Waals surface area contributed by atoms with Crippen molar-refractivity contribution in [2.75, 3.05) is 6.61 Å². The fraction of sp³-hybridized carbons (Fsp3) is 0.467. The number of hydrogen-bond donors (Lipinski definition) is 1. The number of benzene rings is 1. The predicted molar refractivity (Wildman–Crippen MR) is 80.3 cm³/mol. The molecule has 0 fully saturated rings. The van der Waals surface area contributed by atoms with Crippen LogP contribution in [0.5, 0.6) is 5.75 Å². The minimum Gasteiger partial charge on any atom is -0.490 e. The van der Waals surface area contributed by atoms with Gasteiger partial charge < -0.3 is 9.47 Å². The van der Waals surface area contributed by atoms with Crippen molar-refractivity contribution in [3.63, 3.8) is 0 Å². The zero-order valence-corrected chi connectivity index (χ0v) is 13.3. The van der Waals surface area contributed by atoms with Crippen LogP contribution in [0.4, 0.5) is 4.79 Å². The topological polar surface area (TPSA) is 71.3 Å². The standard InChI is InChI=1S/C15H19ClN2O3/c1-14(2,3)21-13(19)18-15(4,9-17)10-20-12-7-5-11(16)6-8-12/h5-8H,10H2,1-4H3,(H,18,19). The molecule has 1 aromatic rings. The SMILES string of the molecule is CC(C#N)(COc1ccc(Cl)cc1)NC(=O)OC(C)(C)C. The third-order valence-electron chi connectivity index (χ3n) is 2.36. The van der Waals surface area contributed by atoms with Crippen molar-refractivity contribution in [1.29, 1.82) is 5.26 Å². The van der Waals surface area contributed by atoms with Crippen molar-refractivity contribution in [1.82, 2.24) is 5.32 Å². The Morgan fingerprint density at radius 1 is 1.29 bits per heavy atom. The van der Waals surface area contributed by atoms with E-state index in [0.717, 1.165) is 0 Å². The number of halogens is 1. The number of rotatable bonds is 4. The molecule has 0 aromatic heterocycles. The van der Waals surface area contributed by atoms with E-state index in [9.17, 15) is 10.1 Å². The van der Waals surface area contributed by atoms with Gasteiger partial charge in [0.2, 0.25) is 0 Å². The molecule has 0 bridgehead atoms. The van der Waals surface area contributed by atoms with Gasteiger partial charge in [-0.3, -0.25) is 5.32 Å². The van der Waals surface area contributed by atoms with Crippen LogP contribution in [0.1, 0.15) is 27.7 Å². The first kappa shape index (κ1) is 17.1. The maximum absolute atomic E-state index is 11.7. The van der Waals surface area contributed by atoms with Gasteiger partial charge in [-0.15, -0.1) is 0 Å². The summed E-state index contributed by atoms with van der Waals surface area (Å²) in [4.78, 5) is 11.7. The van der Waals surface area contributed by atoms with Crippen LogP contribution < -0.4 is 10.1 Å². The van der Waals surface area contributed by atoms with Crippen LogP contribution in [0.15, 0.2) is 24.3 Å². The highest BCUT2D eigenvalue weighted by Crippen LogP contribution is 2.17. The molecule has 114 valence electrons. The molecule has 1 aromatic carbocycles. The van der Waals surface area contributed by atoms with E-state index >= 15 is 0 Å². The molecular weight excluding hydrogens is 292 g/mol. The van der Waals surface area contributed by atoms with Crippen LogP contribution in [-0.4, -0.2) is 23.8 Å². The summed E-state index contributed by atoms with van der Waals surface area (Å²) in [5, 5.41) is 12.3. The first-order valence-electron chi connectivity index (χ1n) is 6.44. The molecule has 5 nitrogen and oxygen atoms in total. The number of nitriles is 1. The Labute approximate surface area is 129 Å². The van der Waals surface area contributed by atoms with Gasteiger partial charge in [0.15, 0.2) is 5.54 Å². The molecule has 0 radical (unpaired) electrons. The molecule has 0 aliphatic rings. The number of alkyl carbamates (subject to hydrolysis) is 1. The molecule has 1 N–H and O–H groups in total. The molecule has 1 rings (SSSR count). The Bertz CT molecular complexity index is 531. The number of nitrogens with zero attached hydrogens (tertiary/aromatic N) is 1. The zero-order valence-electron chi connectivity index (χ0n) is 12.6. The molecule has 0 saturated carbocycles. The van der Waals surface area contributed by atoms with E-state index in [1.807, 2.05) is 6.07 Å². The maximum atomic E-state index is 11.7. The summed E-state index contributed by atoms with van der Waals surface area (Å²) in [6.45, 7) is 6.80. The molecule has 1 amide bonds. The number of carbonyl (C=O) groups excluding carboxylic acids is 1. The van der Waals surface area contributed by atoms with Gasteiger partial charge in [0, 0.05) is 5.02 Å². The minimum atomic E-state index is -1.19. The van der Waals surface area contributed by atoms with E-state index in [-0.39, 0.29) is 6.61 Å². The lowest BCUT2D eigenvalue weighted by Crippen LogP contribution is -2.50. The molecule has 6 heteroatoms. The highest BCUT2D eigenvalue weighted by Gasteiger charge is 2.29. The van der Waals surface area contributed by atoms with E-state index in [4.69, 9.17) is 21.1 Å². The van der Waals surface area contributed by atoms with Crippen LogP contribution in [0.25, 0.3) is 0 Å². The minimum absolute atomic E-state index is 0.00955. The third-order valence-corrected chi connectivity index (χ3v) is 2.62. The number of amides is 1. The molecule has 0 saturated heterocycles. The number of hydrogen-bond acceptors (Lipinski definition) is 4. The Morgan fingerprint density at radius 3 is 2.33 bits per heavy atom. The molecule has 0 spiro atoms. The summed E-state index contributed by atoms with van der Waals surface area (Å²) < 4.78 is 10.6. The fourth-order valence-electron chi connectivity index (χ4n) is 1.38. The summed E-state index contributed by atoms with van der Waals surface area (Å²) in [7, 11) is 0. The molecule has 0 aliphatic carbocycles. The number of ether oxygens (including phenoxy) is 2. The highest BCUT2D eigenvalue weighted by molar-refractivity contribution is 6.30. The molecule has 0 aliphatic heterocycles. The molecule has 1 unspecified atom stereocenters. The Hall–Kier alpha value is -1.93. The first-order valence-corrected chi connectivity index (χ1v) is 6.82. The summed E-state index contributed by atoms with van der Waals surface area (Å²) in [5.41, 5.74) is -1.82. The maximum Gasteiger partial charge on any atom is 0.409 e. The van der Waals surface area contributed by atoms with Crippen molar-refractivity contribution >= 4 is 17.7 Å². The van der Waals surface area contributed by atoms with Crippen LogP contribution in [0.3, 0.4) is 0 Å². The molecule has 0 heterocycles. The highest BCUT2D eigenvalue weighted by atomic mass is 35.5.